The highest BCUT2D eigenvalue weighted by molar-refractivity contribution is 6.30. The number of benzene rings is 1. The summed E-state index contributed by atoms with van der Waals surface area (Å²) in [5.74, 6) is -1.39. The zero-order valence-electron chi connectivity index (χ0n) is 24.3. The zero-order valence-corrected chi connectivity index (χ0v) is 25.0. The van der Waals surface area contributed by atoms with Gasteiger partial charge in [0, 0.05) is 34.5 Å². The second kappa shape index (κ2) is 11.7. The summed E-state index contributed by atoms with van der Waals surface area (Å²) >= 11 is 6.04. The van der Waals surface area contributed by atoms with Crippen molar-refractivity contribution in [2.24, 2.45) is 11.7 Å². The Kier molecular flexibility index (Phi) is 7.89. The van der Waals surface area contributed by atoms with Crippen LogP contribution in [0.25, 0.3) is 22.2 Å². The number of halogens is 2. The van der Waals surface area contributed by atoms with E-state index in [1.165, 1.54) is 19.4 Å². The number of nitrogens with zero attached hydrogens (tertiary/aromatic N) is 4. The Balaban J connectivity index is 1.36. The molecule has 3 aromatic heterocycles. The number of nitrogens with one attached hydrogen (secondary N) is 1. The Morgan fingerprint density at radius 1 is 1.23 bits per heavy atom. The number of carbonyl (C=O) groups is 2. The number of hydrogen-bond acceptors (Lipinski definition) is 8. The van der Waals surface area contributed by atoms with E-state index < -0.39 is 23.4 Å². The number of fused-ring (bicyclic) bond motifs is 1. The fraction of sp³-hybridized carbons (Fsp3) is 0.387. The van der Waals surface area contributed by atoms with Crippen molar-refractivity contribution in [1.82, 2.24) is 25.1 Å². The maximum atomic E-state index is 13.9. The van der Waals surface area contributed by atoms with E-state index in [2.05, 4.69) is 15.4 Å². The molecule has 4 N–H and O–H groups in total. The lowest BCUT2D eigenvalue weighted by molar-refractivity contribution is -0.117. The molecule has 0 bridgehead atoms. The van der Waals surface area contributed by atoms with E-state index in [-0.39, 0.29) is 47.7 Å². The first kappa shape index (κ1) is 29.8. The van der Waals surface area contributed by atoms with Gasteiger partial charge >= 0.3 is 0 Å². The van der Waals surface area contributed by atoms with E-state index in [0.717, 1.165) is 18.2 Å². The van der Waals surface area contributed by atoms with Gasteiger partial charge in [-0.1, -0.05) is 11.6 Å². The van der Waals surface area contributed by atoms with Gasteiger partial charge in [-0.25, -0.2) is 9.97 Å². The van der Waals surface area contributed by atoms with Crippen molar-refractivity contribution < 1.29 is 28.6 Å². The molecule has 4 aromatic rings. The third-order valence-electron chi connectivity index (χ3n) is 7.98. The van der Waals surface area contributed by atoms with Gasteiger partial charge in [0.25, 0.3) is 5.91 Å². The highest BCUT2D eigenvalue weighted by Crippen LogP contribution is 2.47. The SMILES string of the molecule is CCOc1c(CC(N)=O)cc([C@@](O)(CNC(=O)c2cc(OC)c3nn(C4CC4)cc3c2)C2CC2)nc1-c1cnc(F)c(Cl)c1. The summed E-state index contributed by atoms with van der Waals surface area (Å²) in [7, 11) is 1.53. The van der Waals surface area contributed by atoms with Gasteiger partial charge in [-0.05, 0) is 62.8 Å². The third-order valence-corrected chi connectivity index (χ3v) is 8.25. The summed E-state index contributed by atoms with van der Waals surface area (Å²) in [5.41, 5.74) is 6.10. The Morgan fingerprint density at radius 2 is 2.00 bits per heavy atom. The quantitative estimate of drug-likeness (QED) is 0.200. The van der Waals surface area contributed by atoms with Crippen LogP contribution in [-0.4, -0.2) is 56.9 Å². The first-order valence-electron chi connectivity index (χ1n) is 14.5. The lowest BCUT2D eigenvalue weighted by Crippen LogP contribution is -2.43. The molecule has 230 valence electrons. The molecule has 2 fully saturated rings. The summed E-state index contributed by atoms with van der Waals surface area (Å²) in [6.45, 7) is 1.83. The Bertz CT molecular complexity index is 1770. The maximum absolute atomic E-state index is 13.9. The molecule has 0 saturated heterocycles. The fourth-order valence-electron chi connectivity index (χ4n) is 5.44. The molecule has 1 atom stereocenters. The molecule has 2 saturated carbocycles. The van der Waals surface area contributed by atoms with Crippen LogP contribution in [-0.2, 0) is 16.8 Å². The molecule has 13 heteroatoms. The van der Waals surface area contributed by atoms with E-state index in [9.17, 15) is 19.1 Å². The van der Waals surface area contributed by atoms with Gasteiger partial charge in [0.05, 0.1) is 43.4 Å². The monoisotopic (exact) mass is 622 g/mol. The molecule has 1 aromatic carbocycles. The number of aliphatic hydroxyl groups is 1. The molecule has 0 unspecified atom stereocenters. The number of rotatable bonds is 12. The fourth-order valence-corrected chi connectivity index (χ4v) is 5.60. The molecule has 11 nitrogen and oxygen atoms in total. The largest absolute Gasteiger partial charge is 0.494 e. The summed E-state index contributed by atoms with van der Waals surface area (Å²) in [4.78, 5) is 34.0. The molecule has 44 heavy (non-hydrogen) atoms. The Morgan fingerprint density at radius 3 is 2.64 bits per heavy atom. The van der Waals surface area contributed by atoms with Crippen molar-refractivity contribution >= 4 is 34.3 Å². The number of pyridine rings is 2. The third kappa shape index (κ3) is 5.79. The number of carbonyl (C=O) groups excluding carboxylic acids is 2. The first-order chi connectivity index (χ1) is 21.1. The van der Waals surface area contributed by atoms with Crippen LogP contribution in [0, 0.1) is 11.9 Å². The highest BCUT2D eigenvalue weighted by Gasteiger charge is 2.47. The molecule has 3 heterocycles. The minimum atomic E-state index is -1.61. The molecule has 0 aliphatic heterocycles. The number of methoxy groups -OCH3 is 1. The van der Waals surface area contributed by atoms with Gasteiger partial charge in [0.15, 0.2) is 0 Å². The van der Waals surface area contributed by atoms with Crippen LogP contribution in [0.2, 0.25) is 5.02 Å². The molecule has 0 radical (unpaired) electrons. The van der Waals surface area contributed by atoms with Gasteiger partial charge in [0.2, 0.25) is 11.9 Å². The molecular weight excluding hydrogens is 591 g/mol. The molecular formula is C31H32ClFN6O5. The van der Waals surface area contributed by atoms with Crippen LogP contribution < -0.4 is 20.5 Å². The lowest BCUT2D eigenvalue weighted by Gasteiger charge is -2.30. The van der Waals surface area contributed by atoms with Crippen molar-refractivity contribution in [1.29, 1.82) is 0 Å². The minimum absolute atomic E-state index is 0.170. The summed E-state index contributed by atoms with van der Waals surface area (Å²) < 4.78 is 27.2. The van der Waals surface area contributed by atoms with Crippen LogP contribution in [0.4, 0.5) is 4.39 Å². The minimum Gasteiger partial charge on any atom is -0.494 e. The standard InChI is InChI=1S/C31H32ClFN6O5/c1-3-44-28-16(12-25(34)40)11-24(37-27(28)18-9-22(32)29(33)35-13-18)31(42,20-4-5-20)15-36-30(41)17-8-19-14-39(21-6-7-21)38-26(19)23(10-17)43-2/h8-11,13-14,20-21,42H,3-7,12,15H2,1-2H3,(H2,34,40)(H,36,41)/t31-/m1/s1. The molecule has 2 aliphatic rings. The van der Waals surface area contributed by atoms with Crippen LogP contribution in [0.3, 0.4) is 0 Å². The number of hydrogen-bond donors (Lipinski definition) is 3. The topological polar surface area (TPSA) is 154 Å². The number of nitrogens with two attached hydrogens (primary N) is 1. The second-order valence-electron chi connectivity index (χ2n) is 11.3. The van der Waals surface area contributed by atoms with Crippen molar-refractivity contribution in [3.05, 3.63) is 64.5 Å². The lowest BCUT2D eigenvalue weighted by atomic mass is 9.90. The predicted molar refractivity (Wildman–Crippen MR) is 160 cm³/mol. The van der Waals surface area contributed by atoms with Crippen LogP contribution in [0.5, 0.6) is 11.5 Å². The number of primary amides is 1. The smallest absolute Gasteiger partial charge is 0.251 e. The number of ether oxygens (including phenoxy) is 2. The van der Waals surface area contributed by atoms with Crippen LogP contribution >= 0.6 is 11.6 Å². The Hall–Kier alpha value is -4.29. The molecule has 2 amide bonds. The van der Waals surface area contributed by atoms with Crippen molar-refractivity contribution in [3.63, 3.8) is 0 Å². The summed E-state index contributed by atoms with van der Waals surface area (Å²) in [6.07, 6.45) is 6.48. The number of amides is 2. The van der Waals surface area contributed by atoms with E-state index in [4.69, 9.17) is 31.8 Å². The summed E-state index contributed by atoms with van der Waals surface area (Å²) in [5, 5.41) is 20.2. The molecule has 6 rings (SSSR count). The van der Waals surface area contributed by atoms with Crippen molar-refractivity contribution in [2.45, 2.75) is 50.7 Å². The molecule has 2 aliphatic carbocycles. The molecule has 0 spiro atoms. The van der Waals surface area contributed by atoms with Gasteiger partial charge in [-0.15, -0.1) is 0 Å². The summed E-state index contributed by atoms with van der Waals surface area (Å²) in [6, 6.07) is 6.66. The van der Waals surface area contributed by atoms with Crippen molar-refractivity contribution in [3.8, 4) is 22.8 Å². The van der Waals surface area contributed by atoms with Crippen LogP contribution in [0.1, 0.15) is 60.3 Å². The average Bonchev–Trinajstić information content (AvgIpc) is 3.94. The maximum Gasteiger partial charge on any atom is 0.251 e. The highest BCUT2D eigenvalue weighted by atomic mass is 35.5. The van der Waals surface area contributed by atoms with Crippen LogP contribution in [0.15, 0.2) is 36.7 Å². The van der Waals surface area contributed by atoms with E-state index in [0.29, 0.717) is 46.8 Å². The second-order valence-corrected chi connectivity index (χ2v) is 11.7. The van der Waals surface area contributed by atoms with Gasteiger partial charge in [-0.3, -0.25) is 14.3 Å². The van der Waals surface area contributed by atoms with Gasteiger partial charge in [0.1, 0.15) is 28.3 Å². The van der Waals surface area contributed by atoms with Gasteiger partial charge in [-0.2, -0.15) is 9.49 Å². The van der Waals surface area contributed by atoms with E-state index in [1.807, 2.05) is 10.9 Å². The van der Waals surface area contributed by atoms with E-state index >= 15 is 0 Å². The zero-order chi connectivity index (χ0) is 31.2. The first-order valence-corrected chi connectivity index (χ1v) is 14.8. The van der Waals surface area contributed by atoms with Crippen molar-refractivity contribution in [2.75, 3.05) is 20.3 Å². The normalized spacial score (nSPS) is 16.0. The Labute approximate surface area is 257 Å². The average molecular weight is 623 g/mol. The number of aromatic nitrogens is 4. The predicted octanol–water partition coefficient (Wildman–Crippen LogP) is 4.08. The van der Waals surface area contributed by atoms with E-state index in [1.54, 1.807) is 25.1 Å². The van der Waals surface area contributed by atoms with Gasteiger partial charge < -0.3 is 25.6 Å².